The first-order valence-electron chi connectivity index (χ1n) is 5.51. The van der Waals surface area contributed by atoms with Gasteiger partial charge in [0.1, 0.15) is 0 Å². The van der Waals surface area contributed by atoms with E-state index in [1.54, 1.807) is 0 Å². The average Bonchev–Trinajstić information content (AvgIpc) is 2.80. The van der Waals surface area contributed by atoms with Crippen molar-refractivity contribution in [2.24, 2.45) is 0 Å². The van der Waals surface area contributed by atoms with Crippen molar-refractivity contribution in [3.63, 3.8) is 0 Å². The van der Waals surface area contributed by atoms with Crippen LogP contribution in [-0.2, 0) is 11.3 Å². The number of hydrogen-bond donors (Lipinski definition) is 1. The van der Waals surface area contributed by atoms with Crippen LogP contribution in [0.3, 0.4) is 0 Å². The zero-order valence-electron chi connectivity index (χ0n) is 9.75. The van der Waals surface area contributed by atoms with Crippen molar-refractivity contribution >= 4 is 5.97 Å². The molecule has 0 aliphatic carbocycles. The predicted molar refractivity (Wildman–Crippen MR) is 60.0 cm³/mol. The Hall–Kier alpha value is -2.38. The summed E-state index contributed by atoms with van der Waals surface area (Å²) in [6.45, 7) is 0.285. The number of aryl methyl sites for hydroxylation is 1. The van der Waals surface area contributed by atoms with Crippen molar-refractivity contribution in [1.82, 2.24) is 20.2 Å². The number of nitrogens with zero attached hydrogens (tertiary/aromatic N) is 4. The highest BCUT2D eigenvalue weighted by Crippen LogP contribution is 2.18. The van der Waals surface area contributed by atoms with E-state index in [2.05, 4.69) is 15.5 Å². The maximum Gasteiger partial charge on any atom is 0.303 e. The molecule has 0 unspecified atom stereocenters. The number of carboxylic acids is 1. The van der Waals surface area contributed by atoms with Gasteiger partial charge in [-0.25, -0.2) is 13.5 Å². The monoisotopic (exact) mass is 268 g/mol. The van der Waals surface area contributed by atoms with Crippen LogP contribution in [0.2, 0.25) is 0 Å². The number of hydrogen-bond acceptors (Lipinski definition) is 4. The molecule has 0 fully saturated rings. The van der Waals surface area contributed by atoms with Crippen LogP contribution in [0.15, 0.2) is 18.2 Å². The molecule has 0 aliphatic heterocycles. The first-order valence-corrected chi connectivity index (χ1v) is 5.51. The number of rotatable bonds is 5. The van der Waals surface area contributed by atoms with E-state index in [0.717, 1.165) is 12.1 Å². The third-order valence-electron chi connectivity index (χ3n) is 2.47. The van der Waals surface area contributed by atoms with E-state index in [1.165, 1.54) is 10.7 Å². The van der Waals surface area contributed by atoms with E-state index in [4.69, 9.17) is 5.11 Å². The molecular formula is C11H10F2N4O2. The second-order valence-corrected chi connectivity index (χ2v) is 3.85. The molecule has 0 aliphatic rings. The summed E-state index contributed by atoms with van der Waals surface area (Å²) >= 11 is 0. The van der Waals surface area contributed by atoms with Crippen molar-refractivity contribution in [2.75, 3.05) is 0 Å². The fourth-order valence-electron chi connectivity index (χ4n) is 1.58. The minimum absolute atomic E-state index is 0.0168. The highest BCUT2D eigenvalue weighted by Gasteiger charge is 2.11. The van der Waals surface area contributed by atoms with Crippen LogP contribution in [-0.4, -0.2) is 31.3 Å². The van der Waals surface area contributed by atoms with Gasteiger partial charge in [0.25, 0.3) is 0 Å². The van der Waals surface area contributed by atoms with Gasteiger partial charge in [-0.2, -0.15) is 0 Å². The zero-order valence-corrected chi connectivity index (χ0v) is 9.75. The lowest BCUT2D eigenvalue weighted by atomic mass is 10.2. The number of aromatic nitrogens is 4. The van der Waals surface area contributed by atoms with E-state index in [0.29, 0.717) is 12.0 Å². The van der Waals surface area contributed by atoms with Gasteiger partial charge >= 0.3 is 5.97 Å². The second kappa shape index (κ2) is 5.51. The molecule has 1 aromatic heterocycles. The van der Waals surface area contributed by atoms with Crippen LogP contribution >= 0.6 is 0 Å². The smallest absolute Gasteiger partial charge is 0.303 e. The van der Waals surface area contributed by atoms with Crippen molar-refractivity contribution in [3.05, 3.63) is 29.8 Å². The topological polar surface area (TPSA) is 80.9 Å². The Bertz CT molecular complexity index is 600. The highest BCUT2D eigenvalue weighted by atomic mass is 19.2. The van der Waals surface area contributed by atoms with E-state index in [1.807, 2.05) is 0 Å². The molecule has 2 aromatic rings. The van der Waals surface area contributed by atoms with Crippen LogP contribution in [0.25, 0.3) is 11.4 Å². The number of tetrazole rings is 1. The Kier molecular flexibility index (Phi) is 3.79. The van der Waals surface area contributed by atoms with Gasteiger partial charge in [0.15, 0.2) is 17.5 Å². The molecule has 0 bridgehead atoms. The molecule has 1 heterocycles. The molecule has 8 heteroatoms. The van der Waals surface area contributed by atoms with Gasteiger partial charge in [-0.15, -0.1) is 5.10 Å². The summed E-state index contributed by atoms with van der Waals surface area (Å²) in [5.41, 5.74) is 0.333. The fraction of sp³-hybridized carbons (Fsp3) is 0.273. The molecule has 2 rings (SSSR count). The molecule has 1 aromatic carbocycles. The van der Waals surface area contributed by atoms with Gasteiger partial charge in [-0.3, -0.25) is 4.79 Å². The molecule has 0 atom stereocenters. The van der Waals surface area contributed by atoms with Gasteiger partial charge in [0, 0.05) is 18.5 Å². The Balaban J connectivity index is 2.18. The van der Waals surface area contributed by atoms with E-state index in [-0.39, 0.29) is 18.8 Å². The molecule has 1 N–H and O–H groups in total. The van der Waals surface area contributed by atoms with Crippen molar-refractivity contribution in [3.8, 4) is 11.4 Å². The second-order valence-electron chi connectivity index (χ2n) is 3.85. The number of halogens is 2. The van der Waals surface area contributed by atoms with Crippen LogP contribution in [0.1, 0.15) is 12.8 Å². The van der Waals surface area contributed by atoms with E-state index in [9.17, 15) is 13.6 Å². The molecule has 0 spiro atoms. The summed E-state index contributed by atoms with van der Waals surface area (Å²) in [7, 11) is 0. The molecule has 0 radical (unpaired) electrons. The summed E-state index contributed by atoms with van der Waals surface area (Å²) in [5.74, 6) is -2.59. The first kappa shape index (κ1) is 13.1. The van der Waals surface area contributed by atoms with Crippen LogP contribution < -0.4 is 0 Å². The summed E-state index contributed by atoms with van der Waals surface area (Å²) in [6, 6.07) is 3.34. The summed E-state index contributed by atoms with van der Waals surface area (Å²) in [4.78, 5) is 10.4. The lowest BCUT2D eigenvalue weighted by Gasteiger charge is -2.04. The number of carboxylic acid groups (broad SMARTS) is 1. The minimum atomic E-state index is -0.988. The Labute approximate surface area is 106 Å². The average molecular weight is 268 g/mol. The SMILES string of the molecule is O=C(O)CCCn1nnnc1-c1ccc(F)c(F)c1. The van der Waals surface area contributed by atoms with Gasteiger partial charge in [0.2, 0.25) is 0 Å². The lowest BCUT2D eigenvalue weighted by Crippen LogP contribution is -2.05. The third-order valence-corrected chi connectivity index (χ3v) is 2.47. The van der Waals surface area contributed by atoms with Gasteiger partial charge < -0.3 is 5.11 Å². The molecule has 100 valence electrons. The van der Waals surface area contributed by atoms with Crippen LogP contribution in [0, 0.1) is 11.6 Å². The van der Waals surface area contributed by atoms with Crippen LogP contribution in [0.4, 0.5) is 8.78 Å². The molecular weight excluding hydrogens is 258 g/mol. The largest absolute Gasteiger partial charge is 0.481 e. The number of aliphatic carboxylic acids is 1. The molecule has 0 amide bonds. The molecule has 0 saturated heterocycles. The number of carbonyl (C=O) groups is 1. The fourth-order valence-corrected chi connectivity index (χ4v) is 1.58. The normalized spacial score (nSPS) is 10.6. The Morgan fingerprint density at radius 1 is 1.32 bits per heavy atom. The van der Waals surface area contributed by atoms with E-state index < -0.39 is 17.6 Å². The van der Waals surface area contributed by atoms with Gasteiger partial charge in [-0.05, 0) is 35.0 Å². The van der Waals surface area contributed by atoms with Crippen molar-refractivity contribution in [1.29, 1.82) is 0 Å². The number of benzene rings is 1. The van der Waals surface area contributed by atoms with Crippen molar-refractivity contribution in [2.45, 2.75) is 19.4 Å². The highest BCUT2D eigenvalue weighted by molar-refractivity contribution is 5.66. The van der Waals surface area contributed by atoms with Gasteiger partial charge in [-0.1, -0.05) is 0 Å². The van der Waals surface area contributed by atoms with Gasteiger partial charge in [0.05, 0.1) is 0 Å². The summed E-state index contributed by atoms with van der Waals surface area (Å²) in [6.07, 6.45) is 0.328. The minimum Gasteiger partial charge on any atom is -0.481 e. The van der Waals surface area contributed by atoms with Crippen molar-refractivity contribution < 1.29 is 18.7 Å². The van der Waals surface area contributed by atoms with Crippen LogP contribution in [0.5, 0.6) is 0 Å². The maximum atomic E-state index is 13.1. The Morgan fingerprint density at radius 2 is 2.11 bits per heavy atom. The summed E-state index contributed by atoms with van der Waals surface area (Å²) in [5, 5.41) is 19.4. The Morgan fingerprint density at radius 3 is 2.79 bits per heavy atom. The summed E-state index contributed by atoms with van der Waals surface area (Å²) < 4.78 is 27.3. The predicted octanol–water partition coefficient (Wildman–Crippen LogP) is 1.48. The maximum absolute atomic E-state index is 13.1. The standard InChI is InChI=1S/C11H10F2N4O2/c12-8-4-3-7(6-9(8)13)11-14-15-16-17(11)5-1-2-10(18)19/h3-4,6H,1-2,5H2,(H,18,19). The zero-order chi connectivity index (χ0) is 13.8. The molecule has 0 saturated carbocycles. The quantitative estimate of drug-likeness (QED) is 0.888. The third kappa shape index (κ3) is 3.09. The molecule has 19 heavy (non-hydrogen) atoms. The first-order chi connectivity index (χ1) is 9.08. The van der Waals surface area contributed by atoms with E-state index >= 15 is 0 Å². The lowest BCUT2D eigenvalue weighted by molar-refractivity contribution is -0.137. The molecule has 6 nitrogen and oxygen atoms in total.